The minimum absolute atomic E-state index is 0.311. The quantitative estimate of drug-likeness (QED) is 0.615. The average Bonchev–Trinajstić information content (AvgIpc) is 2.49. The number of aliphatic hydroxyl groups excluding tert-OH is 1. The van der Waals surface area contributed by atoms with Crippen LogP contribution in [0.1, 0.15) is 37.3 Å². The second kappa shape index (κ2) is 10.6. The van der Waals surface area contributed by atoms with Gasteiger partial charge in [0.1, 0.15) is 5.75 Å². The lowest BCUT2D eigenvalue weighted by Gasteiger charge is -2.25. The number of nitrogens with one attached hydrogen (secondary N) is 1. The molecule has 0 aliphatic carbocycles. The highest BCUT2D eigenvalue weighted by atomic mass is 16.5. The zero-order chi connectivity index (χ0) is 15.5. The van der Waals surface area contributed by atoms with Crippen LogP contribution in [0.4, 0.5) is 0 Å². The Labute approximate surface area is 129 Å². The Kier molecular flexibility index (Phi) is 9.06. The largest absolute Gasteiger partial charge is 0.497 e. The average molecular weight is 294 g/mol. The third kappa shape index (κ3) is 6.93. The first-order chi connectivity index (χ1) is 10.2. The van der Waals surface area contributed by atoms with Gasteiger partial charge in [-0.2, -0.15) is 0 Å². The SMILES string of the molecule is COc1cccc(C(CNCCCCCCO)N(C)C)c1. The van der Waals surface area contributed by atoms with Crippen molar-refractivity contribution >= 4 is 0 Å². The number of ether oxygens (including phenoxy) is 1. The van der Waals surface area contributed by atoms with Crippen LogP contribution in [0.25, 0.3) is 0 Å². The fourth-order valence-corrected chi connectivity index (χ4v) is 2.40. The molecule has 0 heterocycles. The summed E-state index contributed by atoms with van der Waals surface area (Å²) in [6, 6.07) is 8.62. The normalized spacial score (nSPS) is 12.6. The predicted octanol–water partition coefficient (Wildman–Crippen LogP) is 2.44. The Hall–Kier alpha value is -1.10. The number of rotatable bonds is 11. The van der Waals surface area contributed by atoms with Gasteiger partial charge >= 0.3 is 0 Å². The van der Waals surface area contributed by atoms with Crippen molar-refractivity contribution in [3.8, 4) is 5.75 Å². The van der Waals surface area contributed by atoms with Gasteiger partial charge in [0.05, 0.1) is 7.11 Å². The molecule has 1 aromatic carbocycles. The van der Waals surface area contributed by atoms with Crippen molar-refractivity contribution in [2.24, 2.45) is 0 Å². The molecule has 1 rings (SSSR count). The number of benzene rings is 1. The van der Waals surface area contributed by atoms with Crippen LogP contribution in [0, 0.1) is 0 Å². The number of unbranched alkanes of at least 4 members (excludes halogenated alkanes) is 3. The van der Waals surface area contributed by atoms with Gasteiger partial charge < -0.3 is 20.1 Å². The van der Waals surface area contributed by atoms with Crippen molar-refractivity contribution in [1.29, 1.82) is 0 Å². The van der Waals surface area contributed by atoms with Crippen LogP contribution in [0.5, 0.6) is 5.75 Å². The lowest BCUT2D eigenvalue weighted by molar-refractivity contribution is 0.279. The van der Waals surface area contributed by atoms with E-state index in [2.05, 4.69) is 36.4 Å². The van der Waals surface area contributed by atoms with Gasteiger partial charge in [0.15, 0.2) is 0 Å². The molecule has 4 heteroatoms. The second-order valence-electron chi connectivity index (χ2n) is 5.60. The topological polar surface area (TPSA) is 44.7 Å². The minimum Gasteiger partial charge on any atom is -0.497 e. The Bertz CT molecular complexity index is 383. The fraction of sp³-hybridized carbons (Fsp3) is 0.647. The van der Waals surface area contributed by atoms with Gasteiger partial charge in [0.25, 0.3) is 0 Å². The van der Waals surface area contributed by atoms with Gasteiger partial charge in [-0.1, -0.05) is 25.0 Å². The monoisotopic (exact) mass is 294 g/mol. The zero-order valence-corrected chi connectivity index (χ0v) is 13.6. The van der Waals surface area contributed by atoms with Crippen LogP contribution in [0.15, 0.2) is 24.3 Å². The highest BCUT2D eigenvalue weighted by Crippen LogP contribution is 2.22. The van der Waals surface area contributed by atoms with E-state index in [-0.39, 0.29) is 0 Å². The molecule has 0 spiro atoms. The molecule has 0 radical (unpaired) electrons. The van der Waals surface area contributed by atoms with E-state index in [0.29, 0.717) is 12.6 Å². The summed E-state index contributed by atoms with van der Waals surface area (Å²) in [7, 11) is 5.91. The molecule has 0 fully saturated rings. The second-order valence-corrected chi connectivity index (χ2v) is 5.60. The highest BCUT2D eigenvalue weighted by molar-refractivity contribution is 5.30. The Morgan fingerprint density at radius 3 is 2.62 bits per heavy atom. The predicted molar refractivity (Wildman–Crippen MR) is 87.8 cm³/mol. The van der Waals surface area contributed by atoms with E-state index < -0.39 is 0 Å². The molecule has 0 aliphatic heterocycles. The number of likely N-dealkylation sites (N-methyl/N-ethyl adjacent to an activating group) is 1. The van der Waals surface area contributed by atoms with Crippen molar-refractivity contribution in [1.82, 2.24) is 10.2 Å². The van der Waals surface area contributed by atoms with E-state index in [1.165, 1.54) is 12.0 Å². The molecule has 0 amide bonds. The summed E-state index contributed by atoms with van der Waals surface area (Å²) < 4.78 is 5.31. The number of nitrogens with zero attached hydrogens (tertiary/aromatic N) is 1. The standard InChI is InChI=1S/C17H30N2O2/c1-19(2)17(14-18-11-6-4-5-7-12-20)15-9-8-10-16(13-15)21-3/h8-10,13,17-18,20H,4-7,11-12,14H2,1-3H3. The number of methoxy groups -OCH3 is 1. The Balaban J connectivity index is 2.39. The summed E-state index contributed by atoms with van der Waals surface area (Å²) in [4.78, 5) is 2.23. The van der Waals surface area contributed by atoms with Crippen molar-refractivity contribution in [2.75, 3.05) is 40.9 Å². The van der Waals surface area contributed by atoms with Crippen LogP contribution in [0.3, 0.4) is 0 Å². The molecule has 4 nitrogen and oxygen atoms in total. The lowest BCUT2D eigenvalue weighted by atomic mass is 10.1. The van der Waals surface area contributed by atoms with Crippen molar-refractivity contribution in [3.63, 3.8) is 0 Å². The van der Waals surface area contributed by atoms with Crippen LogP contribution < -0.4 is 10.1 Å². The molecule has 1 unspecified atom stereocenters. The van der Waals surface area contributed by atoms with E-state index in [4.69, 9.17) is 9.84 Å². The fourth-order valence-electron chi connectivity index (χ4n) is 2.40. The van der Waals surface area contributed by atoms with Gasteiger partial charge in [0, 0.05) is 19.2 Å². The lowest BCUT2D eigenvalue weighted by Crippen LogP contribution is -2.31. The van der Waals surface area contributed by atoms with Crippen LogP contribution >= 0.6 is 0 Å². The highest BCUT2D eigenvalue weighted by Gasteiger charge is 2.14. The molecule has 0 saturated carbocycles. The smallest absolute Gasteiger partial charge is 0.119 e. The van der Waals surface area contributed by atoms with Gasteiger partial charge in [-0.05, 0) is 51.2 Å². The molecule has 0 aromatic heterocycles. The molecule has 2 N–H and O–H groups in total. The summed E-state index contributed by atoms with van der Waals surface area (Å²) in [6.07, 6.45) is 4.38. The van der Waals surface area contributed by atoms with Gasteiger partial charge in [-0.25, -0.2) is 0 Å². The number of hydrogen-bond donors (Lipinski definition) is 2. The first-order valence-corrected chi connectivity index (χ1v) is 7.81. The summed E-state index contributed by atoms with van der Waals surface area (Å²) in [6.45, 7) is 2.27. The first kappa shape index (κ1) is 18.0. The molecule has 120 valence electrons. The Morgan fingerprint density at radius 2 is 1.95 bits per heavy atom. The van der Waals surface area contributed by atoms with E-state index in [1.807, 2.05) is 12.1 Å². The molecular weight excluding hydrogens is 264 g/mol. The van der Waals surface area contributed by atoms with Crippen LogP contribution in [-0.2, 0) is 0 Å². The molecule has 1 atom stereocenters. The first-order valence-electron chi connectivity index (χ1n) is 7.81. The van der Waals surface area contributed by atoms with Crippen LogP contribution in [-0.4, -0.2) is 50.9 Å². The molecule has 0 bridgehead atoms. The summed E-state index contributed by atoms with van der Waals surface area (Å²) in [5, 5.41) is 12.3. The maximum Gasteiger partial charge on any atom is 0.119 e. The minimum atomic E-state index is 0.311. The summed E-state index contributed by atoms with van der Waals surface area (Å²) >= 11 is 0. The zero-order valence-electron chi connectivity index (χ0n) is 13.6. The Morgan fingerprint density at radius 1 is 1.19 bits per heavy atom. The van der Waals surface area contributed by atoms with Crippen LogP contribution in [0.2, 0.25) is 0 Å². The van der Waals surface area contributed by atoms with E-state index in [1.54, 1.807) is 7.11 Å². The number of aliphatic hydroxyl groups is 1. The molecule has 1 aromatic rings. The summed E-state index contributed by atoms with van der Waals surface area (Å²) in [5.41, 5.74) is 1.27. The van der Waals surface area contributed by atoms with Gasteiger partial charge in [-0.15, -0.1) is 0 Å². The summed E-state index contributed by atoms with van der Waals surface area (Å²) in [5.74, 6) is 0.906. The van der Waals surface area contributed by atoms with E-state index >= 15 is 0 Å². The molecule has 0 saturated heterocycles. The van der Waals surface area contributed by atoms with E-state index in [9.17, 15) is 0 Å². The molecule has 21 heavy (non-hydrogen) atoms. The van der Waals surface area contributed by atoms with Gasteiger partial charge in [0.2, 0.25) is 0 Å². The van der Waals surface area contributed by atoms with Gasteiger partial charge in [-0.3, -0.25) is 0 Å². The third-order valence-electron chi connectivity index (χ3n) is 3.70. The van der Waals surface area contributed by atoms with Crippen molar-refractivity contribution in [2.45, 2.75) is 31.7 Å². The van der Waals surface area contributed by atoms with Crippen molar-refractivity contribution in [3.05, 3.63) is 29.8 Å². The third-order valence-corrected chi connectivity index (χ3v) is 3.70. The maximum atomic E-state index is 8.74. The molecular formula is C17H30N2O2. The van der Waals surface area contributed by atoms with Crippen molar-refractivity contribution < 1.29 is 9.84 Å². The van der Waals surface area contributed by atoms with E-state index in [0.717, 1.165) is 38.1 Å². The number of hydrogen-bond acceptors (Lipinski definition) is 4. The maximum absolute atomic E-state index is 8.74. The molecule has 0 aliphatic rings.